The van der Waals surface area contributed by atoms with E-state index in [1.54, 1.807) is 0 Å². The highest BCUT2D eigenvalue weighted by atomic mass is 32.1. The molecule has 0 aliphatic heterocycles. The van der Waals surface area contributed by atoms with Gasteiger partial charge >= 0.3 is 0 Å². The predicted octanol–water partition coefficient (Wildman–Crippen LogP) is 4.67. The molecule has 132 valence electrons. The number of benzene rings is 2. The van der Waals surface area contributed by atoms with E-state index < -0.39 is 0 Å². The number of carbonyl (C=O) groups is 1. The van der Waals surface area contributed by atoms with Gasteiger partial charge in [0.15, 0.2) is 5.13 Å². The fraction of sp³-hybridized carbons (Fsp3) is 0.200. The quantitative estimate of drug-likeness (QED) is 0.540. The largest absolute Gasteiger partial charge is 0.494 e. The molecule has 0 radical (unpaired) electrons. The van der Waals surface area contributed by atoms with E-state index in [4.69, 9.17) is 4.74 Å². The number of nitrogens with one attached hydrogen (secondary N) is 2. The standard InChI is InChI=1S/C20H19N3O2S/c1-3-25-13-8-9-17-18(10-13)26-20(22-17)23-19(24)11-15-12(2)21-16-7-5-4-6-14(15)16/h4-10,21H,3,11H2,1-2H3,(H,22,23,24). The molecule has 1 amide bonds. The number of anilines is 1. The van der Waals surface area contributed by atoms with E-state index >= 15 is 0 Å². The van der Waals surface area contributed by atoms with E-state index in [-0.39, 0.29) is 5.91 Å². The molecule has 0 fully saturated rings. The average molecular weight is 365 g/mol. The normalized spacial score (nSPS) is 11.2. The lowest BCUT2D eigenvalue weighted by molar-refractivity contribution is -0.115. The molecule has 0 saturated heterocycles. The Balaban J connectivity index is 1.54. The van der Waals surface area contributed by atoms with Crippen molar-refractivity contribution in [1.82, 2.24) is 9.97 Å². The van der Waals surface area contributed by atoms with E-state index in [9.17, 15) is 4.79 Å². The summed E-state index contributed by atoms with van der Waals surface area (Å²) in [4.78, 5) is 20.4. The molecule has 6 heteroatoms. The fourth-order valence-electron chi connectivity index (χ4n) is 3.10. The summed E-state index contributed by atoms with van der Waals surface area (Å²) in [5, 5.41) is 4.62. The van der Waals surface area contributed by atoms with Crippen molar-refractivity contribution in [3.63, 3.8) is 0 Å². The topological polar surface area (TPSA) is 67.0 Å². The number of amides is 1. The lowest BCUT2D eigenvalue weighted by Crippen LogP contribution is -2.14. The van der Waals surface area contributed by atoms with Crippen LogP contribution in [0.5, 0.6) is 5.75 Å². The molecule has 2 aromatic carbocycles. The van der Waals surface area contributed by atoms with Gasteiger partial charge in [-0.25, -0.2) is 4.98 Å². The van der Waals surface area contributed by atoms with Crippen LogP contribution in [0, 0.1) is 6.92 Å². The van der Waals surface area contributed by atoms with Gasteiger partial charge in [0.1, 0.15) is 5.75 Å². The zero-order valence-electron chi connectivity index (χ0n) is 14.6. The van der Waals surface area contributed by atoms with Gasteiger partial charge in [-0.1, -0.05) is 29.5 Å². The van der Waals surface area contributed by atoms with Gasteiger partial charge in [0.2, 0.25) is 5.91 Å². The van der Waals surface area contributed by atoms with Gasteiger partial charge in [0, 0.05) is 16.6 Å². The zero-order chi connectivity index (χ0) is 18.1. The highest BCUT2D eigenvalue weighted by molar-refractivity contribution is 7.22. The molecule has 0 spiro atoms. The van der Waals surface area contributed by atoms with Crippen molar-refractivity contribution in [2.24, 2.45) is 0 Å². The van der Waals surface area contributed by atoms with Crippen LogP contribution in [0.3, 0.4) is 0 Å². The zero-order valence-corrected chi connectivity index (χ0v) is 15.4. The van der Waals surface area contributed by atoms with Crippen LogP contribution in [0.2, 0.25) is 0 Å². The SMILES string of the molecule is CCOc1ccc2nc(NC(=O)Cc3c(C)[nH]c4ccccc34)sc2c1. The molecular weight excluding hydrogens is 346 g/mol. The maximum atomic E-state index is 12.5. The minimum absolute atomic E-state index is 0.0676. The molecule has 0 atom stereocenters. The van der Waals surface area contributed by atoms with E-state index in [1.165, 1.54) is 11.3 Å². The molecule has 0 unspecified atom stereocenters. The van der Waals surface area contributed by atoms with E-state index in [2.05, 4.69) is 15.3 Å². The van der Waals surface area contributed by atoms with Crippen LogP contribution in [0.15, 0.2) is 42.5 Å². The minimum Gasteiger partial charge on any atom is -0.494 e. The highest BCUT2D eigenvalue weighted by Gasteiger charge is 2.14. The van der Waals surface area contributed by atoms with Gasteiger partial charge in [-0.05, 0) is 43.7 Å². The maximum Gasteiger partial charge on any atom is 0.230 e. The molecule has 4 aromatic rings. The van der Waals surface area contributed by atoms with Gasteiger partial charge in [-0.3, -0.25) is 4.79 Å². The second-order valence-electron chi connectivity index (χ2n) is 6.08. The molecule has 0 bridgehead atoms. The molecule has 5 nitrogen and oxygen atoms in total. The van der Waals surface area contributed by atoms with Crippen LogP contribution in [0.1, 0.15) is 18.2 Å². The van der Waals surface area contributed by atoms with Crippen molar-refractivity contribution in [3.05, 3.63) is 53.7 Å². The number of hydrogen-bond acceptors (Lipinski definition) is 4. The second kappa shape index (κ2) is 6.80. The van der Waals surface area contributed by atoms with E-state index in [0.717, 1.165) is 38.1 Å². The van der Waals surface area contributed by atoms with E-state index in [0.29, 0.717) is 18.2 Å². The number of para-hydroxylation sites is 1. The van der Waals surface area contributed by atoms with Crippen molar-refractivity contribution in [1.29, 1.82) is 0 Å². The molecule has 2 N–H and O–H groups in total. The average Bonchev–Trinajstić information content (AvgIpc) is 3.15. The second-order valence-corrected chi connectivity index (χ2v) is 7.11. The number of nitrogens with zero attached hydrogens (tertiary/aromatic N) is 1. The van der Waals surface area contributed by atoms with Crippen molar-refractivity contribution in [2.45, 2.75) is 20.3 Å². The summed E-state index contributed by atoms with van der Waals surface area (Å²) in [5.41, 5.74) is 3.96. The van der Waals surface area contributed by atoms with Crippen LogP contribution < -0.4 is 10.1 Å². The number of aryl methyl sites for hydroxylation is 1. The highest BCUT2D eigenvalue weighted by Crippen LogP contribution is 2.29. The fourth-order valence-corrected chi connectivity index (χ4v) is 4.01. The van der Waals surface area contributed by atoms with Crippen LogP contribution in [0.4, 0.5) is 5.13 Å². The third kappa shape index (κ3) is 3.15. The molecule has 0 aliphatic carbocycles. The summed E-state index contributed by atoms with van der Waals surface area (Å²) in [6, 6.07) is 13.8. The number of H-pyrrole nitrogens is 1. The summed E-state index contributed by atoms with van der Waals surface area (Å²) in [6.45, 7) is 4.57. The van der Waals surface area contributed by atoms with Gasteiger partial charge in [0.05, 0.1) is 23.2 Å². The molecule has 0 saturated carbocycles. The predicted molar refractivity (Wildman–Crippen MR) is 106 cm³/mol. The van der Waals surface area contributed by atoms with Crippen molar-refractivity contribution in [3.8, 4) is 5.75 Å². The van der Waals surface area contributed by atoms with E-state index in [1.807, 2.05) is 56.3 Å². The third-order valence-corrected chi connectivity index (χ3v) is 5.22. The smallest absolute Gasteiger partial charge is 0.230 e. The summed E-state index contributed by atoms with van der Waals surface area (Å²) in [5.74, 6) is 0.748. The van der Waals surface area contributed by atoms with Crippen LogP contribution >= 0.6 is 11.3 Å². The number of rotatable bonds is 5. The summed E-state index contributed by atoms with van der Waals surface area (Å²) in [6.07, 6.45) is 0.315. The molecule has 0 aliphatic rings. The monoisotopic (exact) mass is 365 g/mol. The molecular formula is C20H19N3O2S. The number of fused-ring (bicyclic) bond motifs is 2. The first-order valence-corrected chi connectivity index (χ1v) is 9.35. The molecule has 4 rings (SSSR count). The minimum atomic E-state index is -0.0676. The number of hydrogen-bond donors (Lipinski definition) is 2. The number of carbonyl (C=O) groups excluding carboxylic acids is 1. The Morgan fingerprint density at radius 3 is 2.96 bits per heavy atom. The number of ether oxygens (including phenoxy) is 1. The van der Waals surface area contributed by atoms with Crippen molar-refractivity contribution in [2.75, 3.05) is 11.9 Å². The Labute approximate surface area is 155 Å². The van der Waals surface area contributed by atoms with Crippen LogP contribution in [-0.4, -0.2) is 22.5 Å². The first-order valence-electron chi connectivity index (χ1n) is 8.53. The Bertz CT molecular complexity index is 1100. The number of aromatic amines is 1. The van der Waals surface area contributed by atoms with Crippen LogP contribution in [0.25, 0.3) is 21.1 Å². The Kier molecular flexibility index (Phi) is 4.34. The van der Waals surface area contributed by atoms with Crippen molar-refractivity contribution < 1.29 is 9.53 Å². The Morgan fingerprint density at radius 2 is 2.12 bits per heavy atom. The van der Waals surface area contributed by atoms with Crippen LogP contribution in [-0.2, 0) is 11.2 Å². The number of thiazole rings is 1. The Morgan fingerprint density at radius 1 is 1.27 bits per heavy atom. The lowest BCUT2D eigenvalue weighted by Gasteiger charge is -2.02. The summed E-state index contributed by atoms with van der Waals surface area (Å²) < 4.78 is 6.51. The molecule has 2 heterocycles. The van der Waals surface area contributed by atoms with Gasteiger partial charge in [-0.2, -0.15) is 0 Å². The number of aromatic nitrogens is 2. The third-order valence-electron chi connectivity index (χ3n) is 4.28. The first-order chi connectivity index (χ1) is 12.6. The van der Waals surface area contributed by atoms with Gasteiger partial charge < -0.3 is 15.0 Å². The lowest BCUT2D eigenvalue weighted by atomic mass is 10.1. The van der Waals surface area contributed by atoms with Gasteiger partial charge in [-0.15, -0.1) is 0 Å². The molecule has 2 aromatic heterocycles. The molecule has 26 heavy (non-hydrogen) atoms. The summed E-state index contributed by atoms with van der Waals surface area (Å²) in [7, 11) is 0. The Hall–Kier alpha value is -2.86. The summed E-state index contributed by atoms with van der Waals surface area (Å²) >= 11 is 1.46. The van der Waals surface area contributed by atoms with Crippen molar-refractivity contribution >= 4 is 43.5 Å². The van der Waals surface area contributed by atoms with Gasteiger partial charge in [0.25, 0.3) is 0 Å². The first kappa shape index (κ1) is 16.6. The maximum absolute atomic E-state index is 12.5.